The average molecular weight is 304 g/mol. The molecule has 0 saturated carbocycles. The van der Waals surface area contributed by atoms with Crippen LogP contribution in [0.5, 0.6) is 0 Å². The first-order chi connectivity index (χ1) is 9.90. The zero-order chi connectivity index (χ0) is 15.5. The third-order valence-corrected chi connectivity index (χ3v) is 4.18. The van der Waals surface area contributed by atoms with Crippen molar-refractivity contribution >= 4 is 17.7 Å². The maximum absolute atomic E-state index is 11.3. The van der Waals surface area contributed by atoms with E-state index in [1.807, 2.05) is 0 Å². The van der Waals surface area contributed by atoms with Crippen molar-refractivity contribution in [2.24, 2.45) is 5.84 Å². The van der Waals surface area contributed by atoms with Crippen LogP contribution in [0.2, 0.25) is 0 Å². The largest absolute Gasteiger partial charge is 0.468 e. The topological polar surface area (TPSA) is 68.3 Å². The molecule has 21 heavy (non-hydrogen) atoms. The zero-order valence-electron chi connectivity index (χ0n) is 12.5. The standard InChI is InChI=1S/C16H20N2O2S/c1-16(2,3)12-4-6-14(7-5-12)21-10-13-8-11(9-20-13)15(19)18-17/h4-9H,10,17H2,1-3H3,(H,18,19). The summed E-state index contributed by atoms with van der Waals surface area (Å²) >= 11 is 1.67. The van der Waals surface area contributed by atoms with Gasteiger partial charge in [-0.3, -0.25) is 10.2 Å². The lowest BCUT2D eigenvalue weighted by atomic mass is 9.87. The predicted molar refractivity (Wildman–Crippen MR) is 85.1 cm³/mol. The molecule has 2 aromatic rings. The first-order valence-electron chi connectivity index (χ1n) is 6.72. The highest BCUT2D eigenvalue weighted by Gasteiger charge is 2.13. The van der Waals surface area contributed by atoms with E-state index in [0.29, 0.717) is 11.3 Å². The number of nitrogen functional groups attached to an aromatic ring is 1. The van der Waals surface area contributed by atoms with Crippen LogP contribution in [-0.4, -0.2) is 5.91 Å². The Hall–Kier alpha value is -1.72. The van der Waals surface area contributed by atoms with Gasteiger partial charge in [0.25, 0.3) is 5.91 Å². The summed E-state index contributed by atoms with van der Waals surface area (Å²) in [6, 6.07) is 10.2. The van der Waals surface area contributed by atoms with Crippen LogP contribution < -0.4 is 11.3 Å². The van der Waals surface area contributed by atoms with Crippen LogP contribution in [0.25, 0.3) is 0 Å². The number of rotatable bonds is 4. The molecule has 5 heteroatoms. The minimum Gasteiger partial charge on any atom is -0.468 e. The van der Waals surface area contributed by atoms with Gasteiger partial charge in [0.15, 0.2) is 0 Å². The van der Waals surface area contributed by atoms with Crippen molar-refractivity contribution in [1.82, 2.24) is 5.43 Å². The van der Waals surface area contributed by atoms with Crippen LogP contribution in [-0.2, 0) is 11.2 Å². The molecule has 0 unspecified atom stereocenters. The molecule has 3 N–H and O–H groups in total. The summed E-state index contributed by atoms with van der Waals surface area (Å²) in [5, 5.41) is 0. The van der Waals surface area contributed by atoms with Gasteiger partial charge in [-0.25, -0.2) is 5.84 Å². The highest BCUT2D eigenvalue weighted by Crippen LogP contribution is 2.27. The second kappa shape index (κ2) is 6.37. The molecule has 0 bridgehead atoms. The van der Waals surface area contributed by atoms with Crippen LogP contribution in [0, 0.1) is 0 Å². The molecule has 0 spiro atoms. The number of hydrogen-bond acceptors (Lipinski definition) is 4. The molecule has 0 radical (unpaired) electrons. The molecule has 0 aliphatic heterocycles. The minimum atomic E-state index is -0.343. The lowest BCUT2D eigenvalue weighted by molar-refractivity contribution is 0.0953. The Bertz CT molecular complexity index is 612. The van der Waals surface area contributed by atoms with Crippen LogP contribution in [0.15, 0.2) is 45.9 Å². The van der Waals surface area contributed by atoms with Gasteiger partial charge in [0, 0.05) is 4.90 Å². The van der Waals surface area contributed by atoms with Gasteiger partial charge >= 0.3 is 0 Å². The van der Waals surface area contributed by atoms with Crippen LogP contribution in [0.4, 0.5) is 0 Å². The monoisotopic (exact) mass is 304 g/mol. The Morgan fingerprint density at radius 2 is 1.95 bits per heavy atom. The summed E-state index contributed by atoms with van der Waals surface area (Å²) in [4.78, 5) is 12.5. The maximum Gasteiger partial charge on any atom is 0.268 e. The summed E-state index contributed by atoms with van der Waals surface area (Å²) in [6.07, 6.45) is 1.42. The molecule has 1 aromatic heterocycles. The van der Waals surface area contributed by atoms with E-state index in [2.05, 4.69) is 50.5 Å². The molecule has 0 aliphatic rings. The van der Waals surface area contributed by atoms with Crippen molar-refractivity contribution in [2.45, 2.75) is 36.8 Å². The van der Waals surface area contributed by atoms with E-state index >= 15 is 0 Å². The Morgan fingerprint density at radius 1 is 1.29 bits per heavy atom. The number of furan rings is 1. The first-order valence-corrected chi connectivity index (χ1v) is 7.70. The molecule has 1 amide bonds. The highest BCUT2D eigenvalue weighted by atomic mass is 32.2. The van der Waals surface area contributed by atoms with Crippen molar-refractivity contribution < 1.29 is 9.21 Å². The van der Waals surface area contributed by atoms with Crippen molar-refractivity contribution in [2.75, 3.05) is 0 Å². The number of nitrogens with one attached hydrogen (secondary N) is 1. The SMILES string of the molecule is CC(C)(C)c1ccc(SCc2cc(C(=O)NN)co2)cc1. The Morgan fingerprint density at radius 3 is 2.52 bits per heavy atom. The van der Waals surface area contributed by atoms with E-state index < -0.39 is 0 Å². The maximum atomic E-state index is 11.3. The fourth-order valence-corrected chi connectivity index (χ4v) is 2.65. The van der Waals surface area contributed by atoms with E-state index in [0.717, 1.165) is 5.76 Å². The van der Waals surface area contributed by atoms with Crippen LogP contribution in [0.3, 0.4) is 0 Å². The average Bonchev–Trinajstić information content (AvgIpc) is 2.92. The molecule has 0 atom stereocenters. The molecule has 1 heterocycles. The van der Waals surface area contributed by atoms with Crippen molar-refractivity contribution in [3.8, 4) is 0 Å². The van der Waals surface area contributed by atoms with Gasteiger partial charge in [0.1, 0.15) is 12.0 Å². The Labute approximate surface area is 129 Å². The molecular formula is C16H20N2O2S. The lowest BCUT2D eigenvalue weighted by Gasteiger charge is -2.18. The summed E-state index contributed by atoms with van der Waals surface area (Å²) in [5.41, 5.74) is 4.00. The lowest BCUT2D eigenvalue weighted by Crippen LogP contribution is -2.29. The second-order valence-electron chi connectivity index (χ2n) is 5.84. The third-order valence-electron chi connectivity index (χ3n) is 3.15. The Kier molecular flexibility index (Phi) is 4.75. The molecular weight excluding hydrogens is 284 g/mol. The summed E-state index contributed by atoms with van der Waals surface area (Å²) in [7, 11) is 0. The molecule has 0 fully saturated rings. The normalized spacial score (nSPS) is 11.4. The summed E-state index contributed by atoms with van der Waals surface area (Å²) in [6.45, 7) is 6.59. The van der Waals surface area contributed by atoms with E-state index in [9.17, 15) is 4.79 Å². The van der Waals surface area contributed by atoms with Crippen molar-refractivity contribution in [3.63, 3.8) is 0 Å². The number of benzene rings is 1. The fourth-order valence-electron chi connectivity index (χ4n) is 1.86. The Balaban J connectivity index is 1.97. The van der Waals surface area contributed by atoms with Crippen LogP contribution in [0.1, 0.15) is 42.5 Å². The van der Waals surface area contributed by atoms with E-state index in [1.54, 1.807) is 17.8 Å². The van der Waals surface area contributed by atoms with Gasteiger partial charge in [-0.1, -0.05) is 32.9 Å². The zero-order valence-corrected chi connectivity index (χ0v) is 13.3. The summed E-state index contributed by atoms with van der Waals surface area (Å²) in [5.74, 6) is 6.16. The number of amides is 1. The summed E-state index contributed by atoms with van der Waals surface area (Å²) < 4.78 is 5.35. The molecule has 2 rings (SSSR count). The number of thioether (sulfide) groups is 1. The molecule has 0 saturated heterocycles. The van der Waals surface area contributed by atoms with Crippen molar-refractivity contribution in [3.05, 3.63) is 53.5 Å². The van der Waals surface area contributed by atoms with Gasteiger partial charge < -0.3 is 4.42 Å². The van der Waals surface area contributed by atoms with E-state index in [1.165, 1.54) is 16.7 Å². The second-order valence-corrected chi connectivity index (χ2v) is 6.89. The smallest absolute Gasteiger partial charge is 0.268 e. The van der Waals surface area contributed by atoms with Gasteiger partial charge in [-0.15, -0.1) is 11.8 Å². The van der Waals surface area contributed by atoms with Gasteiger partial charge in [0.2, 0.25) is 0 Å². The van der Waals surface area contributed by atoms with E-state index in [4.69, 9.17) is 10.3 Å². The van der Waals surface area contributed by atoms with E-state index in [-0.39, 0.29) is 11.3 Å². The minimum absolute atomic E-state index is 0.161. The number of carbonyl (C=O) groups is 1. The number of carbonyl (C=O) groups excluding carboxylic acids is 1. The number of hydrogen-bond donors (Lipinski definition) is 2. The van der Waals surface area contributed by atoms with Crippen molar-refractivity contribution in [1.29, 1.82) is 0 Å². The molecule has 1 aromatic carbocycles. The first kappa shape index (κ1) is 15.7. The van der Waals surface area contributed by atoms with Crippen LogP contribution >= 0.6 is 11.8 Å². The molecule has 0 aliphatic carbocycles. The highest BCUT2D eigenvalue weighted by molar-refractivity contribution is 7.98. The number of nitrogens with two attached hydrogens (primary N) is 1. The molecule has 4 nitrogen and oxygen atoms in total. The van der Waals surface area contributed by atoms with Gasteiger partial charge in [-0.05, 0) is 29.2 Å². The fraction of sp³-hybridized carbons (Fsp3) is 0.312. The third kappa shape index (κ3) is 4.12. The molecule has 112 valence electrons. The predicted octanol–water partition coefficient (Wildman–Crippen LogP) is 3.47. The van der Waals surface area contributed by atoms with Gasteiger partial charge in [0.05, 0.1) is 11.3 Å². The number of hydrazine groups is 1. The van der Waals surface area contributed by atoms with Gasteiger partial charge in [-0.2, -0.15) is 0 Å². The quantitative estimate of drug-likeness (QED) is 0.393.